The highest BCUT2D eigenvalue weighted by molar-refractivity contribution is 6.34. The Morgan fingerprint density at radius 1 is 1.18 bits per heavy atom. The highest BCUT2D eigenvalue weighted by Gasteiger charge is 2.14. The molecule has 1 heterocycles. The first-order valence-corrected chi connectivity index (χ1v) is 8.88. The molecule has 28 heavy (non-hydrogen) atoms. The summed E-state index contributed by atoms with van der Waals surface area (Å²) in [5.74, 6) is -0.591. The summed E-state index contributed by atoms with van der Waals surface area (Å²) in [6, 6.07) is 11.6. The third-order valence-electron chi connectivity index (χ3n) is 4.07. The molecule has 1 aromatic heterocycles. The molecule has 0 fully saturated rings. The maximum Gasteiger partial charge on any atom is 0.277 e. The molecule has 0 bridgehead atoms. The number of carbonyl (C=O) groups excluding carboxylic acids is 2. The Kier molecular flexibility index (Phi) is 5.70. The number of rotatable bonds is 5. The Balaban J connectivity index is 1.70. The van der Waals surface area contributed by atoms with Crippen molar-refractivity contribution in [1.29, 1.82) is 0 Å². The number of nitrogens with one attached hydrogen (secondary N) is 1. The number of aromatic nitrogens is 3. The molecule has 9 heteroatoms. The minimum Gasteiger partial charge on any atom is -0.345 e. The van der Waals surface area contributed by atoms with Crippen molar-refractivity contribution in [2.45, 2.75) is 13.0 Å². The average molecular weight is 400 g/mol. The second-order valence-corrected chi connectivity index (χ2v) is 6.73. The smallest absolute Gasteiger partial charge is 0.277 e. The van der Waals surface area contributed by atoms with E-state index in [9.17, 15) is 14.4 Å². The van der Waals surface area contributed by atoms with E-state index in [1.807, 2.05) is 0 Å². The number of aryl methyl sites for hydroxylation is 1. The number of hydrogen-bond donors (Lipinski definition) is 1. The van der Waals surface area contributed by atoms with Crippen LogP contribution in [0.25, 0.3) is 10.9 Å². The van der Waals surface area contributed by atoms with E-state index in [0.29, 0.717) is 27.2 Å². The molecule has 0 aliphatic rings. The van der Waals surface area contributed by atoms with E-state index in [4.69, 9.17) is 11.6 Å². The monoisotopic (exact) mass is 399 g/mol. The van der Waals surface area contributed by atoms with Gasteiger partial charge in [-0.2, -0.15) is 0 Å². The highest BCUT2D eigenvalue weighted by atomic mass is 35.5. The summed E-state index contributed by atoms with van der Waals surface area (Å²) in [4.78, 5) is 38.2. The van der Waals surface area contributed by atoms with Crippen molar-refractivity contribution >= 4 is 40.0 Å². The Labute approximate surface area is 165 Å². The van der Waals surface area contributed by atoms with Gasteiger partial charge >= 0.3 is 0 Å². The number of amides is 2. The van der Waals surface area contributed by atoms with Gasteiger partial charge in [-0.1, -0.05) is 28.9 Å². The molecular formula is C19H18ClN5O3. The molecule has 0 saturated carbocycles. The first kappa shape index (κ1) is 19.5. The zero-order valence-electron chi connectivity index (χ0n) is 15.3. The molecule has 3 aromatic rings. The summed E-state index contributed by atoms with van der Waals surface area (Å²) in [6.07, 6.45) is 0.0204. The number of fused-ring (bicyclic) bond motifs is 1. The van der Waals surface area contributed by atoms with E-state index in [-0.39, 0.29) is 30.3 Å². The molecule has 3 rings (SSSR count). The van der Waals surface area contributed by atoms with Crippen molar-refractivity contribution in [2.75, 3.05) is 19.4 Å². The summed E-state index contributed by atoms with van der Waals surface area (Å²) in [5, 5.41) is 11.3. The maximum absolute atomic E-state index is 12.4. The Morgan fingerprint density at radius 3 is 2.68 bits per heavy atom. The summed E-state index contributed by atoms with van der Waals surface area (Å²) in [7, 11) is 3.23. The molecule has 0 saturated heterocycles. The number of halogens is 1. The van der Waals surface area contributed by atoms with Crippen LogP contribution in [-0.2, 0) is 11.3 Å². The normalized spacial score (nSPS) is 10.7. The number of carbonyl (C=O) groups is 2. The van der Waals surface area contributed by atoms with Gasteiger partial charge in [0.25, 0.3) is 11.5 Å². The number of nitrogens with zero attached hydrogens (tertiary/aromatic N) is 4. The van der Waals surface area contributed by atoms with Gasteiger partial charge in [0.1, 0.15) is 5.52 Å². The first-order valence-electron chi connectivity index (χ1n) is 8.50. The third-order valence-corrected chi connectivity index (χ3v) is 4.40. The van der Waals surface area contributed by atoms with Crippen LogP contribution < -0.4 is 10.9 Å². The van der Waals surface area contributed by atoms with Gasteiger partial charge in [-0.05, 0) is 30.3 Å². The lowest BCUT2D eigenvalue weighted by atomic mass is 10.1. The predicted octanol–water partition coefficient (Wildman–Crippen LogP) is 2.18. The zero-order valence-corrected chi connectivity index (χ0v) is 16.1. The van der Waals surface area contributed by atoms with Gasteiger partial charge in [0.15, 0.2) is 0 Å². The van der Waals surface area contributed by atoms with E-state index < -0.39 is 0 Å². The van der Waals surface area contributed by atoms with Crippen LogP contribution in [0.4, 0.5) is 5.69 Å². The quantitative estimate of drug-likeness (QED) is 0.709. The van der Waals surface area contributed by atoms with Crippen LogP contribution in [0.1, 0.15) is 16.8 Å². The van der Waals surface area contributed by atoms with Gasteiger partial charge in [0.05, 0.1) is 22.5 Å². The summed E-state index contributed by atoms with van der Waals surface area (Å²) < 4.78 is 1.16. The van der Waals surface area contributed by atoms with E-state index in [0.717, 1.165) is 4.68 Å². The lowest BCUT2D eigenvalue weighted by Gasteiger charge is -2.13. The third kappa shape index (κ3) is 4.17. The number of benzene rings is 2. The van der Waals surface area contributed by atoms with Crippen LogP contribution in [0.15, 0.2) is 47.3 Å². The van der Waals surface area contributed by atoms with Crippen molar-refractivity contribution in [1.82, 2.24) is 19.9 Å². The van der Waals surface area contributed by atoms with E-state index >= 15 is 0 Å². The minimum atomic E-state index is -0.326. The molecule has 0 aliphatic heterocycles. The van der Waals surface area contributed by atoms with Gasteiger partial charge < -0.3 is 10.2 Å². The molecule has 0 atom stereocenters. The van der Waals surface area contributed by atoms with E-state index in [1.54, 1.807) is 50.5 Å². The standard InChI is InChI=1S/C19H18ClN5O3/c1-24(2)18(27)14-11-12(7-8-15(14)20)21-17(26)9-10-25-19(28)13-5-3-4-6-16(13)22-23-25/h3-8,11H,9-10H2,1-2H3,(H,21,26). The largest absolute Gasteiger partial charge is 0.345 e. The Hall–Kier alpha value is -3.26. The Bertz CT molecular complexity index is 1110. The van der Waals surface area contributed by atoms with Crippen LogP contribution in [0.2, 0.25) is 5.02 Å². The molecule has 2 amide bonds. The molecule has 0 spiro atoms. The van der Waals surface area contributed by atoms with Crippen LogP contribution >= 0.6 is 11.6 Å². The molecule has 8 nitrogen and oxygen atoms in total. The average Bonchev–Trinajstić information content (AvgIpc) is 2.68. The first-order chi connectivity index (χ1) is 13.4. The second-order valence-electron chi connectivity index (χ2n) is 6.33. The fourth-order valence-corrected chi connectivity index (χ4v) is 2.81. The molecule has 0 aliphatic carbocycles. The zero-order chi connectivity index (χ0) is 20.3. The van der Waals surface area contributed by atoms with Crippen LogP contribution in [0.5, 0.6) is 0 Å². The van der Waals surface area contributed by atoms with Crippen LogP contribution in [-0.4, -0.2) is 45.8 Å². The molecule has 144 valence electrons. The molecule has 0 radical (unpaired) electrons. The van der Waals surface area contributed by atoms with Crippen molar-refractivity contribution in [3.8, 4) is 0 Å². The van der Waals surface area contributed by atoms with Crippen molar-refractivity contribution in [3.05, 3.63) is 63.4 Å². The van der Waals surface area contributed by atoms with Crippen molar-refractivity contribution in [2.24, 2.45) is 0 Å². The van der Waals surface area contributed by atoms with Gasteiger partial charge in [-0.15, -0.1) is 5.10 Å². The van der Waals surface area contributed by atoms with Gasteiger partial charge in [0, 0.05) is 26.2 Å². The van der Waals surface area contributed by atoms with E-state index in [2.05, 4.69) is 15.6 Å². The second kappa shape index (κ2) is 8.18. The van der Waals surface area contributed by atoms with Crippen LogP contribution in [0.3, 0.4) is 0 Å². The van der Waals surface area contributed by atoms with Crippen molar-refractivity contribution < 1.29 is 9.59 Å². The minimum absolute atomic E-state index is 0.0204. The van der Waals surface area contributed by atoms with Crippen LogP contribution in [0, 0.1) is 0 Å². The van der Waals surface area contributed by atoms with Gasteiger partial charge in [0.2, 0.25) is 5.91 Å². The summed E-state index contributed by atoms with van der Waals surface area (Å²) >= 11 is 6.06. The summed E-state index contributed by atoms with van der Waals surface area (Å²) in [6.45, 7) is 0.0829. The van der Waals surface area contributed by atoms with Gasteiger partial charge in [-0.3, -0.25) is 14.4 Å². The Morgan fingerprint density at radius 2 is 1.93 bits per heavy atom. The van der Waals surface area contributed by atoms with E-state index in [1.165, 1.54) is 11.0 Å². The summed E-state index contributed by atoms with van der Waals surface area (Å²) in [5.41, 5.74) is 0.939. The van der Waals surface area contributed by atoms with Crippen molar-refractivity contribution in [3.63, 3.8) is 0 Å². The maximum atomic E-state index is 12.4. The highest BCUT2D eigenvalue weighted by Crippen LogP contribution is 2.21. The number of hydrogen-bond acceptors (Lipinski definition) is 5. The fraction of sp³-hybridized carbons (Fsp3) is 0.211. The lowest BCUT2D eigenvalue weighted by Crippen LogP contribution is -2.26. The SMILES string of the molecule is CN(C)C(=O)c1cc(NC(=O)CCn2nnc3ccccc3c2=O)ccc1Cl. The predicted molar refractivity (Wildman–Crippen MR) is 107 cm³/mol. The lowest BCUT2D eigenvalue weighted by molar-refractivity contribution is -0.116. The number of anilines is 1. The molecule has 2 aromatic carbocycles. The van der Waals surface area contributed by atoms with Gasteiger partial charge in [-0.25, -0.2) is 4.68 Å². The molecular weight excluding hydrogens is 382 g/mol. The molecule has 1 N–H and O–H groups in total. The topological polar surface area (TPSA) is 97.2 Å². The molecule has 0 unspecified atom stereocenters. The fourth-order valence-electron chi connectivity index (χ4n) is 2.61.